The Morgan fingerprint density at radius 3 is 2.86 bits per heavy atom. The molecule has 0 aliphatic heterocycles. The molecular formula is C11H14FNO. The fourth-order valence-electron chi connectivity index (χ4n) is 1.09. The molecule has 1 rings (SSSR count). The van der Waals surface area contributed by atoms with Crippen LogP contribution in [0.15, 0.2) is 24.3 Å². The molecule has 0 spiro atoms. The molecule has 0 unspecified atom stereocenters. The van der Waals surface area contributed by atoms with Gasteiger partial charge in [-0.3, -0.25) is 0 Å². The van der Waals surface area contributed by atoms with Gasteiger partial charge >= 0.3 is 0 Å². The van der Waals surface area contributed by atoms with Gasteiger partial charge in [0.15, 0.2) is 0 Å². The Morgan fingerprint density at radius 1 is 1.50 bits per heavy atom. The molecular weight excluding hydrogens is 181 g/mol. The predicted octanol–water partition coefficient (Wildman–Crippen LogP) is 2.20. The summed E-state index contributed by atoms with van der Waals surface area (Å²) in [5.41, 5.74) is 5.80. The van der Waals surface area contributed by atoms with Gasteiger partial charge in [0.2, 0.25) is 0 Å². The van der Waals surface area contributed by atoms with Crippen LogP contribution in [0.1, 0.15) is 12.5 Å². The molecule has 0 aromatic heterocycles. The topological polar surface area (TPSA) is 35.2 Å². The van der Waals surface area contributed by atoms with Crippen LogP contribution < -0.4 is 10.5 Å². The molecule has 3 heteroatoms. The molecule has 0 saturated carbocycles. The highest BCUT2D eigenvalue weighted by atomic mass is 19.1. The van der Waals surface area contributed by atoms with Crippen LogP contribution in [0.3, 0.4) is 0 Å². The second-order valence-electron chi connectivity index (χ2n) is 2.75. The van der Waals surface area contributed by atoms with E-state index in [-0.39, 0.29) is 5.82 Å². The maximum Gasteiger partial charge on any atom is 0.134 e. The van der Waals surface area contributed by atoms with Crippen molar-refractivity contribution in [2.24, 2.45) is 5.73 Å². The average Bonchev–Trinajstić information content (AvgIpc) is 2.17. The summed E-state index contributed by atoms with van der Waals surface area (Å²) in [6.45, 7) is 2.81. The van der Waals surface area contributed by atoms with Crippen molar-refractivity contribution in [2.45, 2.75) is 6.92 Å². The lowest BCUT2D eigenvalue weighted by atomic mass is 10.2. The number of hydrogen-bond acceptors (Lipinski definition) is 2. The van der Waals surface area contributed by atoms with Crippen LogP contribution in [-0.4, -0.2) is 13.2 Å². The third kappa shape index (κ3) is 2.85. The first-order chi connectivity index (χ1) is 6.77. The van der Waals surface area contributed by atoms with E-state index >= 15 is 0 Å². The van der Waals surface area contributed by atoms with Crippen LogP contribution in [0.4, 0.5) is 4.39 Å². The Balaban J connectivity index is 2.84. The fraction of sp³-hybridized carbons (Fsp3) is 0.273. The quantitative estimate of drug-likeness (QED) is 0.799. The van der Waals surface area contributed by atoms with E-state index < -0.39 is 0 Å². The van der Waals surface area contributed by atoms with Crippen LogP contribution in [0.2, 0.25) is 0 Å². The van der Waals surface area contributed by atoms with E-state index in [1.165, 1.54) is 6.07 Å². The zero-order chi connectivity index (χ0) is 10.4. The summed E-state index contributed by atoms with van der Waals surface area (Å²) in [6.07, 6.45) is 3.36. The van der Waals surface area contributed by atoms with Crippen LogP contribution in [0.5, 0.6) is 5.75 Å². The Bertz CT molecular complexity index is 323. The molecule has 0 atom stereocenters. The van der Waals surface area contributed by atoms with Gasteiger partial charge in [-0.2, -0.15) is 0 Å². The van der Waals surface area contributed by atoms with Crippen LogP contribution in [0, 0.1) is 5.82 Å². The number of ether oxygens (including phenoxy) is 1. The summed E-state index contributed by atoms with van der Waals surface area (Å²) < 4.78 is 18.5. The smallest absolute Gasteiger partial charge is 0.134 e. The standard InChI is InChI=1S/C11H14FNO/c1-2-14-10-6-5-9(4-3-7-13)11(12)8-10/h3-6,8H,2,7,13H2,1H3/b4-3+. The van der Waals surface area contributed by atoms with E-state index in [4.69, 9.17) is 10.5 Å². The van der Waals surface area contributed by atoms with E-state index in [1.807, 2.05) is 6.92 Å². The van der Waals surface area contributed by atoms with Crippen molar-refractivity contribution in [3.8, 4) is 5.75 Å². The van der Waals surface area contributed by atoms with Gasteiger partial charge in [0.25, 0.3) is 0 Å². The molecule has 0 amide bonds. The van der Waals surface area contributed by atoms with E-state index in [0.717, 1.165) is 0 Å². The summed E-state index contributed by atoms with van der Waals surface area (Å²) in [5.74, 6) is 0.260. The summed E-state index contributed by atoms with van der Waals surface area (Å²) in [7, 11) is 0. The van der Waals surface area contributed by atoms with Gasteiger partial charge in [-0.05, 0) is 19.1 Å². The molecule has 2 N–H and O–H groups in total. The lowest BCUT2D eigenvalue weighted by molar-refractivity contribution is 0.338. The number of rotatable bonds is 4. The highest BCUT2D eigenvalue weighted by molar-refractivity contribution is 5.51. The minimum absolute atomic E-state index is 0.291. The molecule has 0 aliphatic rings. The molecule has 0 radical (unpaired) electrons. The van der Waals surface area contributed by atoms with Gasteiger partial charge in [0, 0.05) is 18.2 Å². The first kappa shape index (κ1) is 10.7. The molecule has 2 nitrogen and oxygen atoms in total. The average molecular weight is 195 g/mol. The predicted molar refractivity (Wildman–Crippen MR) is 55.7 cm³/mol. The van der Waals surface area contributed by atoms with Crippen LogP contribution >= 0.6 is 0 Å². The third-order valence-electron chi connectivity index (χ3n) is 1.72. The monoisotopic (exact) mass is 195 g/mol. The van der Waals surface area contributed by atoms with Gasteiger partial charge in [-0.15, -0.1) is 0 Å². The fourth-order valence-corrected chi connectivity index (χ4v) is 1.09. The second kappa shape index (κ2) is 5.40. The first-order valence-electron chi connectivity index (χ1n) is 4.57. The minimum Gasteiger partial charge on any atom is -0.494 e. The van der Waals surface area contributed by atoms with Crippen molar-refractivity contribution in [2.75, 3.05) is 13.2 Å². The highest BCUT2D eigenvalue weighted by Crippen LogP contribution is 2.17. The number of hydrogen-bond donors (Lipinski definition) is 1. The first-order valence-corrected chi connectivity index (χ1v) is 4.57. The van der Waals surface area contributed by atoms with Gasteiger partial charge < -0.3 is 10.5 Å². The maximum atomic E-state index is 13.3. The molecule has 14 heavy (non-hydrogen) atoms. The summed E-state index contributed by atoms with van der Waals surface area (Å²) in [6, 6.07) is 4.79. The van der Waals surface area contributed by atoms with E-state index in [2.05, 4.69) is 0 Å². The maximum absolute atomic E-state index is 13.3. The molecule has 0 bridgehead atoms. The van der Waals surface area contributed by atoms with Crippen molar-refractivity contribution in [1.29, 1.82) is 0 Å². The number of halogens is 1. The lowest BCUT2D eigenvalue weighted by Crippen LogP contribution is -1.94. The summed E-state index contributed by atoms with van der Waals surface area (Å²) in [5, 5.41) is 0. The van der Waals surface area contributed by atoms with Gasteiger partial charge in [0.1, 0.15) is 11.6 Å². The zero-order valence-electron chi connectivity index (χ0n) is 8.16. The van der Waals surface area contributed by atoms with Gasteiger partial charge in [-0.25, -0.2) is 4.39 Å². The normalized spacial score (nSPS) is 10.8. The largest absolute Gasteiger partial charge is 0.494 e. The molecule has 76 valence electrons. The van der Waals surface area contributed by atoms with E-state index in [0.29, 0.717) is 24.5 Å². The zero-order valence-corrected chi connectivity index (χ0v) is 8.16. The number of nitrogens with two attached hydrogens (primary N) is 1. The number of benzene rings is 1. The SMILES string of the molecule is CCOc1ccc(/C=C/CN)c(F)c1. The van der Waals surface area contributed by atoms with Crippen molar-refractivity contribution in [1.82, 2.24) is 0 Å². The van der Waals surface area contributed by atoms with Crippen LogP contribution in [-0.2, 0) is 0 Å². The molecule has 0 heterocycles. The van der Waals surface area contributed by atoms with Crippen molar-refractivity contribution >= 4 is 6.08 Å². The Morgan fingerprint density at radius 2 is 2.29 bits per heavy atom. The Kier molecular flexibility index (Phi) is 4.13. The van der Waals surface area contributed by atoms with Crippen LogP contribution in [0.25, 0.3) is 6.08 Å². The van der Waals surface area contributed by atoms with Crippen molar-refractivity contribution in [3.05, 3.63) is 35.7 Å². The minimum atomic E-state index is -0.291. The molecule has 1 aromatic carbocycles. The summed E-state index contributed by atoms with van der Waals surface area (Å²) in [4.78, 5) is 0. The third-order valence-corrected chi connectivity index (χ3v) is 1.72. The molecule has 1 aromatic rings. The van der Waals surface area contributed by atoms with Gasteiger partial charge in [-0.1, -0.05) is 12.2 Å². The molecule has 0 fully saturated rings. The van der Waals surface area contributed by atoms with Gasteiger partial charge in [0.05, 0.1) is 6.61 Å². The highest BCUT2D eigenvalue weighted by Gasteiger charge is 2.00. The Labute approximate surface area is 83.2 Å². The Hall–Kier alpha value is -1.35. The lowest BCUT2D eigenvalue weighted by Gasteiger charge is -2.03. The van der Waals surface area contributed by atoms with E-state index in [9.17, 15) is 4.39 Å². The van der Waals surface area contributed by atoms with Crippen molar-refractivity contribution in [3.63, 3.8) is 0 Å². The molecule has 0 saturated heterocycles. The second-order valence-corrected chi connectivity index (χ2v) is 2.75. The van der Waals surface area contributed by atoms with E-state index in [1.54, 1.807) is 24.3 Å². The summed E-state index contributed by atoms with van der Waals surface area (Å²) >= 11 is 0. The van der Waals surface area contributed by atoms with Crippen molar-refractivity contribution < 1.29 is 9.13 Å². The molecule has 0 aliphatic carbocycles.